The molecule has 1 spiro atoms. The van der Waals surface area contributed by atoms with Gasteiger partial charge in [0.25, 0.3) is 0 Å². The van der Waals surface area contributed by atoms with E-state index in [0.29, 0.717) is 0 Å². The van der Waals surface area contributed by atoms with Gasteiger partial charge >= 0.3 is 0 Å². The van der Waals surface area contributed by atoms with Gasteiger partial charge in [-0.3, -0.25) is 4.90 Å². The standard InChI is InChI=1S/C22H26BrNO2.ClH/c1-16-4-6-17(7-5-16)13-24-10-11-25-22(15-24)14-21(2,3)26-20-9-8-18(23)12-19(20)22;/h4-9,12H,10-11,13-15H2,1-3H3;1H. The van der Waals surface area contributed by atoms with Crippen molar-refractivity contribution in [2.45, 2.75) is 44.9 Å². The number of morpholine rings is 1. The van der Waals surface area contributed by atoms with Crippen molar-refractivity contribution in [3.05, 3.63) is 63.6 Å². The molecule has 2 heterocycles. The van der Waals surface area contributed by atoms with Crippen LogP contribution in [0.25, 0.3) is 0 Å². The molecule has 0 aliphatic carbocycles. The molecule has 146 valence electrons. The fourth-order valence-electron chi connectivity index (χ4n) is 4.28. The zero-order valence-corrected chi connectivity index (χ0v) is 18.5. The lowest BCUT2D eigenvalue weighted by molar-refractivity contribution is -0.157. The first-order valence-electron chi connectivity index (χ1n) is 9.26. The molecule has 2 aromatic carbocycles. The first-order chi connectivity index (χ1) is 12.4. The molecule has 0 bridgehead atoms. The van der Waals surface area contributed by atoms with E-state index in [2.05, 4.69) is 78.0 Å². The highest BCUT2D eigenvalue weighted by atomic mass is 79.9. The first-order valence-corrected chi connectivity index (χ1v) is 10.1. The van der Waals surface area contributed by atoms with Crippen molar-refractivity contribution < 1.29 is 9.47 Å². The number of benzene rings is 2. The lowest BCUT2D eigenvalue weighted by Crippen LogP contribution is -2.55. The number of fused-ring (bicyclic) bond motifs is 2. The number of ether oxygens (including phenoxy) is 2. The van der Waals surface area contributed by atoms with Crippen molar-refractivity contribution in [2.75, 3.05) is 19.7 Å². The molecule has 2 aromatic rings. The van der Waals surface area contributed by atoms with Crippen LogP contribution < -0.4 is 4.74 Å². The van der Waals surface area contributed by atoms with Crippen molar-refractivity contribution in [1.82, 2.24) is 4.90 Å². The number of hydrogen-bond donors (Lipinski definition) is 0. The molecule has 0 aromatic heterocycles. The summed E-state index contributed by atoms with van der Waals surface area (Å²) < 4.78 is 13.8. The van der Waals surface area contributed by atoms with Crippen LogP contribution in [0.5, 0.6) is 5.75 Å². The molecule has 0 N–H and O–H groups in total. The maximum absolute atomic E-state index is 6.47. The van der Waals surface area contributed by atoms with Gasteiger partial charge in [0.15, 0.2) is 0 Å². The van der Waals surface area contributed by atoms with Crippen LogP contribution in [0, 0.1) is 6.92 Å². The summed E-state index contributed by atoms with van der Waals surface area (Å²) in [6.07, 6.45) is 0.855. The highest BCUT2D eigenvalue weighted by Gasteiger charge is 2.48. The third-order valence-electron chi connectivity index (χ3n) is 5.32. The fourth-order valence-corrected chi connectivity index (χ4v) is 4.64. The summed E-state index contributed by atoms with van der Waals surface area (Å²) >= 11 is 3.62. The molecule has 3 nitrogen and oxygen atoms in total. The van der Waals surface area contributed by atoms with Gasteiger partial charge in [-0.05, 0) is 44.5 Å². The molecule has 2 aliphatic rings. The van der Waals surface area contributed by atoms with Gasteiger partial charge in [0, 0.05) is 36.1 Å². The number of rotatable bonds is 2. The second-order valence-corrected chi connectivity index (χ2v) is 9.13. The van der Waals surface area contributed by atoms with Gasteiger partial charge in [-0.25, -0.2) is 0 Å². The molecule has 1 unspecified atom stereocenters. The Hall–Kier alpha value is -1.07. The largest absolute Gasteiger partial charge is 0.487 e. The summed E-state index contributed by atoms with van der Waals surface area (Å²) in [6, 6.07) is 15.1. The Morgan fingerprint density at radius 3 is 2.59 bits per heavy atom. The first kappa shape index (κ1) is 20.7. The summed E-state index contributed by atoms with van der Waals surface area (Å²) in [6.45, 7) is 9.98. The zero-order chi connectivity index (χ0) is 18.4. The lowest BCUT2D eigenvalue weighted by atomic mass is 9.79. The smallest absolute Gasteiger partial charge is 0.126 e. The van der Waals surface area contributed by atoms with Crippen molar-refractivity contribution >= 4 is 28.3 Å². The maximum atomic E-state index is 6.47. The van der Waals surface area contributed by atoms with Crippen LogP contribution in [0.2, 0.25) is 0 Å². The molecular weight excluding hydrogens is 426 g/mol. The van der Waals surface area contributed by atoms with Crippen LogP contribution in [-0.4, -0.2) is 30.2 Å². The molecule has 1 atom stereocenters. The van der Waals surface area contributed by atoms with Crippen molar-refractivity contribution in [3.8, 4) is 5.75 Å². The third kappa shape index (κ3) is 4.34. The average Bonchev–Trinajstić information content (AvgIpc) is 2.57. The topological polar surface area (TPSA) is 21.7 Å². The van der Waals surface area contributed by atoms with E-state index in [4.69, 9.17) is 9.47 Å². The molecule has 1 saturated heterocycles. The zero-order valence-electron chi connectivity index (χ0n) is 16.1. The van der Waals surface area contributed by atoms with E-state index in [1.807, 2.05) is 6.07 Å². The summed E-state index contributed by atoms with van der Waals surface area (Å²) in [5, 5.41) is 0. The van der Waals surface area contributed by atoms with E-state index < -0.39 is 0 Å². The van der Waals surface area contributed by atoms with Crippen molar-refractivity contribution in [2.24, 2.45) is 0 Å². The van der Waals surface area contributed by atoms with Crippen LogP contribution in [0.3, 0.4) is 0 Å². The normalized spacial score (nSPS) is 24.0. The molecule has 2 aliphatic heterocycles. The highest BCUT2D eigenvalue weighted by Crippen LogP contribution is 2.48. The van der Waals surface area contributed by atoms with Gasteiger partial charge in [0.05, 0.1) is 6.61 Å². The Labute approximate surface area is 176 Å². The van der Waals surface area contributed by atoms with E-state index in [-0.39, 0.29) is 23.6 Å². The summed E-state index contributed by atoms with van der Waals surface area (Å²) in [5.41, 5.74) is 3.27. The van der Waals surface area contributed by atoms with Gasteiger partial charge in [-0.2, -0.15) is 0 Å². The van der Waals surface area contributed by atoms with Crippen LogP contribution in [0.4, 0.5) is 0 Å². The van der Waals surface area contributed by atoms with E-state index in [1.165, 1.54) is 16.7 Å². The predicted molar refractivity (Wildman–Crippen MR) is 115 cm³/mol. The average molecular weight is 453 g/mol. The predicted octanol–water partition coefficient (Wildman–Crippen LogP) is 5.47. The Morgan fingerprint density at radius 1 is 1.11 bits per heavy atom. The second-order valence-electron chi connectivity index (χ2n) is 8.22. The number of nitrogens with zero attached hydrogens (tertiary/aromatic N) is 1. The Balaban J connectivity index is 0.00000210. The lowest BCUT2D eigenvalue weighted by Gasteiger charge is -2.50. The summed E-state index contributed by atoms with van der Waals surface area (Å²) in [4.78, 5) is 2.51. The minimum absolute atomic E-state index is 0. The highest BCUT2D eigenvalue weighted by molar-refractivity contribution is 9.10. The van der Waals surface area contributed by atoms with Crippen molar-refractivity contribution in [3.63, 3.8) is 0 Å². The Kier molecular flexibility index (Phi) is 5.93. The minimum Gasteiger partial charge on any atom is -0.487 e. The van der Waals surface area contributed by atoms with Crippen LogP contribution in [0.1, 0.15) is 37.0 Å². The molecule has 4 rings (SSSR count). The minimum atomic E-state index is -0.316. The molecule has 0 saturated carbocycles. The van der Waals surface area contributed by atoms with E-state index >= 15 is 0 Å². The number of aryl methyl sites for hydroxylation is 1. The van der Waals surface area contributed by atoms with Gasteiger partial charge in [-0.1, -0.05) is 45.8 Å². The van der Waals surface area contributed by atoms with Crippen LogP contribution in [-0.2, 0) is 16.9 Å². The summed E-state index contributed by atoms with van der Waals surface area (Å²) in [7, 11) is 0. The molecule has 5 heteroatoms. The van der Waals surface area contributed by atoms with E-state index in [1.54, 1.807) is 0 Å². The van der Waals surface area contributed by atoms with E-state index in [0.717, 1.165) is 42.9 Å². The molecule has 27 heavy (non-hydrogen) atoms. The summed E-state index contributed by atoms with van der Waals surface area (Å²) in [5.74, 6) is 0.946. The SMILES string of the molecule is Cc1ccc(CN2CCOC3(C2)CC(C)(C)Oc2ccc(Br)cc23)cc1.Cl. The van der Waals surface area contributed by atoms with Crippen LogP contribution >= 0.6 is 28.3 Å². The van der Waals surface area contributed by atoms with Gasteiger partial charge < -0.3 is 9.47 Å². The second kappa shape index (κ2) is 7.75. The van der Waals surface area contributed by atoms with Gasteiger partial charge in [-0.15, -0.1) is 12.4 Å². The van der Waals surface area contributed by atoms with Gasteiger partial charge in [0.2, 0.25) is 0 Å². The molecule has 0 amide bonds. The van der Waals surface area contributed by atoms with Crippen molar-refractivity contribution in [1.29, 1.82) is 0 Å². The molecular formula is C22H27BrClNO2. The Morgan fingerprint density at radius 2 is 1.85 bits per heavy atom. The van der Waals surface area contributed by atoms with E-state index in [9.17, 15) is 0 Å². The number of hydrogen-bond acceptors (Lipinski definition) is 3. The van der Waals surface area contributed by atoms with Gasteiger partial charge in [0.1, 0.15) is 17.0 Å². The number of halogens is 2. The fraction of sp³-hybridized carbons (Fsp3) is 0.455. The maximum Gasteiger partial charge on any atom is 0.126 e. The quantitative estimate of drug-likeness (QED) is 0.603. The Bertz CT molecular complexity index is 808. The third-order valence-corrected chi connectivity index (χ3v) is 5.81. The molecule has 0 radical (unpaired) electrons. The molecule has 1 fully saturated rings. The van der Waals surface area contributed by atoms with Crippen LogP contribution in [0.15, 0.2) is 46.9 Å². The monoisotopic (exact) mass is 451 g/mol.